The molecule has 1 aromatic carbocycles. The van der Waals surface area contributed by atoms with Crippen molar-refractivity contribution in [3.05, 3.63) is 29.8 Å². The number of hydrogen-bond acceptors (Lipinski definition) is 4. The lowest BCUT2D eigenvalue weighted by Crippen LogP contribution is -2.45. The van der Waals surface area contributed by atoms with Crippen LogP contribution in [0.25, 0.3) is 0 Å². The maximum Gasteiger partial charge on any atom is 0.259 e. The fraction of sp³-hybridized carbons (Fsp3) is 0.571. The molecule has 0 spiro atoms. The van der Waals surface area contributed by atoms with Crippen molar-refractivity contribution in [1.82, 2.24) is 20.4 Å². The van der Waals surface area contributed by atoms with Gasteiger partial charge >= 0.3 is 0 Å². The standard InChI is InChI=1S/C21H33N5O3/c1-5-19(27)26-11-10-17(14-26)24-21(22-6-2)23-13-16-8-7-9-18(12-16)29-15-20(28)25(3)4/h7-9,12,17H,5-6,10-11,13-15H2,1-4H3,(H2,22,23,24). The Morgan fingerprint density at radius 3 is 2.79 bits per heavy atom. The molecule has 1 aliphatic heterocycles. The van der Waals surface area contributed by atoms with E-state index in [1.807, 2.05) is 43.0 Å². The molecule has 0 radical (unpaired) electrons. The maximum absolute atomic E-state index is 11.9. The third-order valence-corrected chi connectivity index (χ3v) is 4.71. The van der Waals surface area contributed by atoms with Gasteiger partial charge in [0, 0.05) is 46.2 Å². The van der Waals surface area contributed by atoms with Crippen LogP contribution in [0.15, 0.2) is 29.3 Å². The van der Waals surface area contributed by atoms with Crippen LogP contribution in [-0.2, 0) is 16.1 Å². The molecule has 8 nitrogen and oxygen atoms in total. The molecule has 2 amide bonds. The predicted molar refractivity (Wildman–Crippen MR) is 114 cm³/mol. The number of likely N-dealkylation sites (tertiary alicyclic amines) is 1. The number of carbonyl (C=O) groups excluding carboxylic acids is 2. The first-order valence-corrected chi connectivity index (χ1v) is 10.2. The summed E-state index contributed by atoms with van der Waals surface area (Å²) in [6.07, 6.45) is 1.46. The molecule has 0 saturated carbocycles. The third-order valence-electron chi connectivity index (χ3n) is 4.71. The van der Waals surface area contributed by atoms with Crippen LogP contribution in [0.5, 0.6) is 5.75 Å². The summed E-state index contributed by atoms with van der Waals surface area (Å²) in [5.41, 5.74) is 0.992. The molecule has 0 aliphatic carbocycles. The molecule has 8 heteroatoms. The highest BCUT2D eigenvalue weighted by molar-refractivity contribution is 5.80. The zero-order valence-electron chi connectivity index (χ0n) is 17.9. The molecule has 1 saturated heterocycles. The van der Waals surface area contributed by atoms with E-state index in [0.717, 1.165) is 31.0 Å². The van der Waals surface area contributed by atoms with E-state index in [4.69, 9.17) is 4.74 Å². The zero-order chi connectivity index (χ0) is 21.2. The Morgan fingerprint density at radius 2 is 2.10 bits per heavy atom. The fourth-order valence-corrected chi connectivity index (χ4v) is 3.02. The van der Waals surface area contributed by atoms with Gasteiger partial charge < -0.3 is 25.2 Å². The van der Waals surface area contributed by atoms with Crippen LogP contribution >= 0.6 is 0 Å². The van der Waals surface area contributed by atoms with E-state index in [-0.39, 0.29) is 24.5 Å². The smallest absolute Gasteiger partial charge is 0.259 e. The summed E-state index contributed by atoms with van der Waals surface area (Å²) in [5.74, 6) is 1.49. The van der Waals surface area contributed by atoms with Gasteiger partial charge in [0.1, 0.15) is 5.75 Å². The monoisotopic (exact) mass is 403 g/mol. The molecule has 0 aromatic heterocycles. The SMILES string of the molecule is CCNC(=NCc1cccc(OCC(=O)N(C)C)c1)NC1CCN(C(=O)CC)C1. The van der Waals surface area contributed by atoms with Crippen LogP contribution in [0.2, 0.25) is 0 Å². The highest BCUT2D eigenvalue weighted by atomic mass is 16.5. The number of likely N-dealkylation sites (N-methyl/N-ethyl adjacent to an activating group) is 1. The van der Waals surface area contributed by atoms with Crippen molar-refractivity contribution in [2.24, 2.45) is 4.99 Å². The summed E-state index contributed by atoms with van der Waals surface area (Å²) in [6, 6.07) is 7.80. The van der Waals surface area contributed by atoms with Crippen molar-refractivity contribution in [2.75, 3.05) is 40.3 Å². The summed E-state index contributed by atoms with van der Waals surface area (Å²) < 4.78 is 5.57. The molecule has 2 N–H and O–H groups in total. The van der Waals surface area contributed by atoms with E-state index in [2.05, 4.69) is 15.6 Å². The van der Waals surface area contributed by atoms with E-state index in [1.54, 1.807) is 14.1 Å². The Balaban J connectivity index is 1.93. The first kappa shape index (κ1) is 22.5. The number of hydrogen-bond donors (Lipinski definition) is 2. The van der Waals surface area contributed by atoms with Gasteiger partial charge in [-0.1, -0.05) is 19.1 Å². The van der Waals surface area contributed by atoms with Crippen LogP contribution in [-0.4, -0.2) is 74.0 Å². The van der Waals surface area contributed by atoms with Crippen LogP contribution in [0, 0.1) is 0 Å². The normalized spacial score (nSPS) is 16.5. The Hall–Kier alpha value is -2.77. The van der Waals surface area contributed by atoms with Gasteiger partial charge in [0.2, 0.25) is 5.91 Å². The number of rotatable bonds is 8. The molecule has 1 heterocycles. The second kappa shape index (κ2) is 11.3. The Bertz CT molecular complexity index is 720. The van der Waals surface area contributed by atoms with Gasteiger partial charge in [-0.15, -0.1) is 0 Å². The first-order valence-electron chi connectivity index (χ1n) is 10.2. The van der Waals surface area contributed by atoms with Crippen molar-refractivity contribution < 1.29 is 14.3 Å². The van der Waals surface area contributed by atoms with Gasteiger partial charge in [0.25, 0.3) is 5.91 Å². The van der Waals surface area contributed by atoms with Gasteiger partial charge in [0.05, 0.1) is 6.54 Å². The van der Waals surface area contributed by atoms with Crippen molar-refractivity contribution in [1.29, 1.82) is 0 Å². The van der Waals surface area contributed by atoms with Gasteiger partial charge in [-0.3, -0.25) is 9.59 Å². The van der Waals surface area contributed by atoms with E-state index in [0.29, 0.717) is 25.3 Å². The van der Waals surface area contributed by atoms with E-state index >= 15 is 0 Å². The molecule has 1 fully saturated rings. The lowest BCUT2D eigenvalue weighted by molar-refractivity contribution is -0.131. The number of nitrogens with zero attached hydrogens (tertiary/aromatic N) is 3. The van der Waals surface area contributed by atoms with Gasteiger partial charge in [-0.25, -0.2) is 4.99 Å². The average Bonchev–Trinajstić information content (AvgIpc) is 3.18. The average molecular weight is 404 g/mol. The largest absolute Gasteiger partial charge is 0.484 e. The Morgan fingerprint density at radius 1 is 1.31 bits per heavy atom. The molecule has 1 atom stereocenters. The van der Waals surface area contributed by atoms with Crippen LogP contribution in [0.4, 0.5) is 0 Å². The number of aliphatic imine (C=N–C) groups is 1. The quantitative estimate of drug-likeness (QED) is 0.504. The number of benzene rings is 1. The van der Waals surface area contributed by atoms with Crippen molar-refractivity contribution in [3.8, 4) is 5.75 Å². The molecular formula is C21H33N5O3. The minimum absolute atomic E-state index is 0.0125. The highest BCUT2D eigenvalue weighted by Crippen LogP contribution is 2.14. The molecule has 160 valence electrons. The Kier molecular flexibility index (Phi) is 8.76. The summed E-state index contributed by atoms with van der Waals surface area (Å²) >= 11 is 0. The van der Waals surface area contributed by atoms with Crippen LogP contribution < -0.4 is 15.4 Å². The second-order valence-electron chi connectivity index (χ2n) is 7.24. The van der Waals surface area contributed by atoms with E-state index < -0.39 is 0 Å². The summed E-state index contributed by atoms with van der Waals surface area (Å²) in [5, 5.41) is 6.69. The lowest BCUT2D eigenvalue weighted by atomic mass is 10.2. The zero-order valence-corrected chi connectivity index (χ0v) is 17.9. The Labute approximate surface area is 173 Å². The number of guanidine groups is 1. The van der Waals surface area contributed by atoms with Crippen molar-refractivity contribution >= 4 is 17.8 Å². The molecule has 1 aromatic rings. The topological polar surface area (TPSA) is 86.3 Å². The van der Waals surface area contributed by atoms with Gasteiger partial charge in [-0.05, 0) is 31.0 Å². The minimum Gasteiger partial charge on any atom is -0.484 e. The number of nitrogens with one attached hydrogen (secondary N) is 2. The van der Waals surface area contributed by atoms with Crippen LogP contribution in [0.1, 0.15) is 32.3 Å². The summed E-state index contributed by atoms with van der Waals surface area (Å²) in [7, 11) is 3.40. The third kappa shape index (κ3) is 7.29. The lowest BCUT2D eigenvalue weighted by Gasteiger charge is -2.18. The fourth-order valence-electron chi connectivity index (χ4n) is 3.02. The van der Waals surface area contributed by atoms with Crippen molar-refractivity contribution in [2.45, 2.75) is 39.3 Å². The molecule has 1 unspecified atom stereocenters. The highest BCUT2D eigenvalue weighted by Gasteiger charge is 2.25. The van der Waals surface area contributed by atoms with E-state index in [9.17, 15) is 9.59 Å². The maximum atomic E-state index is 11.9. The predicted octanol–water partition coefficient (Wildman–Crippen LogP) is 1.22. The molecular weight excluding hydrogens is 370 g/mol. The summed E-state index contributed by atoms with van der Waals surface area (Å²) in [6.45, 7) is 6.66. The van der Waals surface area contributed by atoms with Gasteiger partial charge in [0.15, 0.2) is 12.6 Å². The van der Waals surface area contributed by atoms with Crippen molar-refractivity contribution in [3.63, 3.8) is 0 Å². The molecule has 29 heavy (non-hydrogen) atoms. The number of amides is 2. The molecule has 2 rings (SSSR count). The number of carbonyl (C=O) groups is 2. The van der Waals surface area contributed by atoms with Crippen LogP contribution in [0.3, 0.4) is 0 Å². The van der Waals surface area contributed by atoms with E-state index in [1.165, 1.54) is 4.90 Å². The van der Waals surface area contributed by atoms with Gasteiger partial charge in [-0.2, -0.15) is 0 Å². The molecule has 1 aliphatic rings. The molecule has 0 bridgehead atoms. The summed E-state index contributed by atoms with van der Waals surface area (Å²) in [4.78, 5) is 31.6. The second-order valence-corrected chi connectivity index (χ2v) is 7.24. The number of ether oxygens (including phenoxy) is 1. The first-order chi connectivity index (χ1) is 13.9. The minimum atomic E-state index is -0.0841.